The molecule has 0 radical (unpaired) electrons. The quantitative estimate of drug-likeness (QED) is 0.866. The van der Waals surface area contributed by atoms with Crippen molar-refractivity contribution in [2.75, 3.05) is 31.6 Å². The second-order valence-electron chi connectivity index (χ2n) is 6.12. The van der Waals surface area contributed by atoms with Gasteiger partial charge in [0.1, 0.15) is 5.75 Å². The lowest BCUT2D eigenvalue weighted by Gasteiger charge is -2.21. The zero-order chi connectivity index (χ0) is 16.9. The van der Waals surface area contributed by atoms with Crippen LogP contribution in [0.4, 0.5) is 5.69 Å². The van der Waals surface area contributed by atoms with Crippen molar-refractivity contribution in [1.29, 1.82) is 0 Å². The third-order valence-electron chi connectivity index (χ3n) is 4.53. The van der Waals surface area contributed by atoms with Gasteiger partial charge in [-0.1, -0.05) is 43.3 Å². The molecule has 4 nitrogen and oxygen atoms in total. The molecule has 1 heterocycles. The van der Waals surface area contributed by atoms with Crippen molar-refractivity contribution in [3.8, 4) is 5.75 Å². The Balaban J connectivity index is 1.67. The van der Waals surface area contributed by atoms with Crippen molar-refractivity contribution in [1.82, 2.24) is 4.90 Å². The van der Waals surface area contributed by atoms with Crippen molar-refractivity contribution >= 4 is 11.6 Å². The largest absolute Gasteiger partial charge is 0.483 e. The van der Waals surface area contributed by atoms with Gasteiger partial charge in [0.05, 0.1) is 0 Å². The van der Waals surface area contributed by atoms with Crippen molar-refractivity contribution in [3.05, 3.63) is 59.7 Å². The minimum atomic E-state index is 0.0333. The number of hydrogen-bond acceptors (Lipinski definition) is 3. The summed E-state index contributed by atoms with van der Waals surface area (Å²) < 4.78 is 5.79. The van der Waals surface area contributed by atoms with Crippen LogP contribution in [0.3, 0.4) is 0 Å². The van der Waals surface area contributed by atoms with Crippen molar-refractivity contribution in [3.63, 3.8) is 0 Å². The molecule has 0 atom stereocenters. The highest BCUT2D eigenvalue weighted by Crippen LogP contribution is 2.24. The zero-order valence-electron chi connectivity index (χ0n) is 14.4. The molecule has 1 amide bonds. The lowest BCUT2D eigenvalue weighted by atomic mass is 10.1. The fraction of sp³-hybridized carbons (Fsp3) is 0.350. The lowest BCUT2D eigenvalue weighted by molar-refractivity contribution is -0.133. The fourth-order valence-electron chi connectivity index (χ4n) is 3.07. The van der Waals surface area contributed by atoms with Gasteiger partial charge in [-0.15, -0.1) is 0 Å². The number of amides is 1. The van der Waals surface area contributed by atoms with Crippen molar-refractivity contribution < 1.29 is 9.53 Å². The van der Waals surface area contributed by atoms with Crippen molar-refractivity contribution in [2.45, 2.75) is 19.9 Å². The monoisotopic (exact) mass is 324 g/mol. The second kappa shape index (κ2) is 7.39. The van der Waals surface area contributed by atoms with Crippen LogP contribution >= 0.6 is 0 Å². The molecule has 1 aliphatic rings. The number of carbonyl (C=O) groups excluding carboxylic acids is 1. The Kier molecular flexibility index (Phi) is 5.04. The summed E-state index contributed by atoms with van der Waals surface area (Å²) in [5.74, 6) is 0.840. The van der Waals surface area contributed by atoms with E-state index in [4.69, 9.17) is 4.74 Å². The number of benzene rings is 2. The van der Waals surface area contributed by atoms with Crippen LogP contribution in [0.2, 0.25) is 0 Å². The molecule has 0 saturated heterocycles. The van der Waals surface area contributed by atoms with Crippen LogP contribution in [0.1, 0.15) is 18.1 Å². The van der Waals surface area contributed by atoms with Gasteiger partial charge in [-0.2, -0.15) is 0 Å². The summed E-state index contributed by atoms with van der Waals surface area (Å²) in [5, 5.41) is 0. The van der Waals surface area contributed by atoms with E-state index in [1.165, 1.54) is 11.3 Å². The van der Waals surface area contributed by atoms with Gasteiger partial charge in [-0.3, -0.25) is 4.79 Å². The highest BCUT2D eigenvalue weighted by Gasteiger charge is 2.21. The topological polar surface area (TPSA) is 32.8 Å². The molecule has 4 heteroatoms. The number of rotatable bonds is 4. The average molecular weight is 324 g/mol. The number of para-hydroxylation sites is 2. The average Bonchev–Trinajstić information content (AvgIpc) is 2.79. The van der Waals surface area contributed by atoms with Crippen LogP contribution in [-0.4, -0.2) is 37.6 Å². The van der Waals surface area contributed by atoms with E-state index >= 15 is 0 Å². The van der Waals surface area contributed by atoms with Crippen LogP contribution in [0.15, 0.2) is 48.5 Å². The van der Waals surface area contributed by atoms with Gasteiger partial charge in [0.15, 0.2) is 6.61 Å². The molecular weight excluding hydrogens is 300 g/mol. The molecular formula is C20H24N2O2. The molecule has 1 aliphatic heterocycles. The Morgan fingerprint density at radius 3 is 2.67 bits per heavy atom. The molecule has 126 valence electrons. The number of aryl methyl sites for hydroxylation is 1. The molecule has 2 aromatic carbocycles. The second-order valence-corrected chi connectivity index (χ2v) is 6.12. The maximum atomic E-state index is 12.6. The van der Waals surface area contributed by atoms with E-state index in [0.29, 0.717) is 13.1 Å². The van der Waals surface area contributed by atoms with E-state index in [2.05, 4.69) is 31.0 Å². The first-order valence-corrected chi connectivity index (χ1v) is 8.46. The lowest BCUT2D eigenvalue weighted by Crippen LogP contribution is -2.37. The first-order valence-electron chi connectivity index (χ1n) is 8.46. The summed E-state index contributed by atoms with van der Waals surface area (Å²) in [4.78, 5) is 16.7. The standard InChI is InChI=1S/C20H24N2O2/c1-3-16-8-5-7-11-19(16)24-15-20(23)22-13-12-21(2)18-10-6-4-9-17(18)14-22/h4-11H,3,12-15H2,1-2H3. The van der Waals surface area contributed by atoms with Gasteiger partial charge in [0.25, 0.3) is 5.91 Å². The van der Waals surface area contributed by atoms with Crippen molar-refractivity contribution in [2.24, 2.45) is 0 Å². The first kappa shape index (κ1) is 16.4. The van der Waals surface area contributed by atoms with Crippen LogP contribution < -0.4 is 9.64 Å². The Morgan fingerprint density at radius 2 is 1.83 bits per heavy atom. The summed E-state index contributed by atoms with van der Waals surface area (Å²) in [6.07, 6.45) is 0.895. The van der Waals surface area contributed by atoms with E-state index in [1.54, 1.807) is 0 Å². The van der Waals surface area contributed by atoms with Gasteiger partial charge in [-0.25, -0.2) is 0 Å². The molecule has 0 spiro atoms. The third-order valence-corrected chi connectivity index (χ3v) is 4.53. The summed E-state index contributed by atoms with van der Waals surface area (Å²) >= 11 is 0. The number of fused-ring (bicyclic) bond motifs is 1. The Bertz CT molecular complexity index is 714. The summed E-state index contributed by atoms with van der Waals surface area (Å²) in [6, 6.07) is 16.2. The summed E-state index contributed by atoms with van der Waals surface area (Å²) in [6.45, 7) is 4.35. The highest BCUT2D eigenvalue weighted by atomic mass is 16.5. The number of likely N-dealkylation sites (N-methyl/N-ethyl adjacent to an activating group) is 1. The fourth-order valence-corrected chi connectivity index (χ4v) is 3.07. The minimum absolute atomic E-state index is 0.0333. The Morgan fingerprint density at radius 1 is 1.08 bits per heavy atom. The molecule has 24 heavy (non-hydrogen) atoms. The van der Waals surface area contributed by atoms with E-state index in [0.717, 1.165) is 24.3 Å². The third kappa shape index (κ3) is 3.53. The Hall–Kier alpha value is -2.49. The summed E-state index contributed by atoms with van der Waals surface area (Å²) in [7, 11) is 2.07. The predicted octanol–water partition coefficient (Wildman–Crippen LogP) is 3.11. The summed E-state index contributed by atoms with van der Waals surface area (Å²) in [5.41, 5.74) is 3.51. The number of ether oxygens (including phenoxy) is 1. The maximum Gasteiger partial charge on any atom is 0.260 e. The van der Waals surface area contributed by atoms with E-state index < -0.39 is 0 Å². The van der Waals surface area contributed by atoms with Gasteiger partial charge < -0.3 is 14.5 Å². The highest BCUT2D eigenvalue weighted by molar-refractivity contribution is 5.78. The Labute approximate surface area is 143 Å². The number of nitrogens with zero attached hydrogens (tertiary/aromatic N) is 2. The number of anilines is 1. The number of hydrogen-bond donors (Lipinski definition) is 0. The number of carbonyl (C=O) groups is 1. The normalized spacial score (nSPS) is 14.1. The molecule has 0 aromatic heterocycles. The van der Waals surface area contributed by atoms with Crippen LogP contribution in [0.25, 0.3) is 0 Å². The molecule has 0 aliphatic carbocycles. The maximum absolute atomic E-state index is 12.6. The smallest absolute Gasteiger partial charge is 0.260 e. The minimum Gasteiger partial charge on any atom is -0.483 e. The van der Waals surface area contributed by atoms with Crippen LogP contribution in [-0.2, 0) is 17.8 Å². The van der Waals surface area contributed by atoms with E-state index in [9.17, 15) is 4.79 Å². The predicted molar refractivity (Wildman–Crippen MR) is 96.4 cm³/mol. The molecule has 0 saturated carbocycles. The molecule has 3 rings (SSSR count). The van der Waals surface area contributed by atoms with Gasteiger partial charge in [-0.05, 0) is 29.7 Å². The molecule has 0 bridgehead atoms. The van der Waals surface area contributed by atoms with E-state index in [-0.39, 0.29) is 12.5 Å². The first-order chi connectivity index (χ1) is 11.7. The molecule has 2 aromatic rings. The van der Waals surface area contributed by atoms with Crippen LogP contribution in [0, 0.1) is 0 Å². The molecule has 0 N–H and O–H groups in total. The van der Waals surface area contributed by atoms with E-state index in [1.807, 2.05) is 41.3 Å². The van der Waals surface area contributed by atoms with Gasteiger partial charge in [0, 0.05) is 32.4 Å². The zero-order valence-corrected chi connectivity index (χ0v) is 14.4. The molecule has 0 fully saturated rings. The van der Waals surface area contributed by atoms with Crippen LogP contribution in [0.5, 0.6) is 5.75 Å². The molecule has 0 unspecified atom stereocenters. The SMILES string of the molecule is CCc1ccccc1OCC(=O)N1CCN(C)c2ccccc2C1. The van der Waals surface area contributed by atoms with Gasteiger partial charge >= 0.3 is 0 Å². The van der Waals surface area contributed by atoms with Gasteiger partial charge in [0.2, 0.25) is 0 Å².